The first-order chi connectivity index (χ1) is 15.5. The summed E-state index contributed by atoms with van der Waals surface area (Å²) in [6.45, 7) is 11.5. The van der Waals surface area contributed by atoms with Gasteiger partial charge in [0.15, 0.2) is 5.65 Å². The van der Waals surface area contributed by atoms with Crippen molar-refractivity contribution in [2.75, 3.05) is 6.54 Å². The zero-order chi connectivity index (χ0) is 22.2. The molecule has 1 aliphatic carbocycles. The molecule has 32 heavy (non-hydrogen) atoms. The Labute approximate surface area is 193 Å². The Morgan fingerprint density at radius 3 is 2.88 bits per heavy atom. The van der Waals surface area contributed by atoms with E-state index >= 15 is 0 Å². The quantitative estimate of drug-likeness (QED) is 0.270. The van der Waals surface area contributed by atoms with Gasteiger partial charge in [-0.15, -0.1) is 17.9 Å². The first-order valence-corrected chi connectivity index (χ1v) is 12.5. The van der Waals surface area contributed by atoms with Crippen LogP contribution in [0.2, 0.25) is 0 Å². The van der Waals surface area contributed by atoms with Gasteiger partial charge in [0.05, 0.1) is 10.7 Å². The number of aromatic nitrogens is 5. The van der Waals surface area contributed by atoms with E-state index in [9.17, 15) is 0 Å². The lowest BCUT2D eigenvalue weighted by atomic mass is 9.86. The molecular formula is C25H32N6S. The Balaban J connectivity index is 1.42. The fourth-order valence-corrected chi connectivity index (χ4v) is 6.19. The number of H-pyrrole nitrogens is 1. The summed E-state index contributed by atoms with van der Waals surface area (Å²) in [6.07, 6.45) is 11.6. The SMILES string of the molecule is C=CCCNC1CCC(c2nc3c(C(C)C)c(-c4cc(C)c5ncnn5c4)[nH]c3s2)CC1. The van der Waals surface area contributed by atoms with Crippen LogP contribution in [-0.4, -0.2) is 37.2 Å². The van der Waals surface area contributed by atoms with Gasteiger partial charge in [0.2, 0.25) is 0 Å². The van der Waals surface area contributed by atoms with Gasteiger partial charge in [-0.3, -0.25) is 0 Å². The Kier molecular flexibility index (Phi) is 5.86. The smallest absolute Gasteiger partial charge is 0.158 e. The molecule has 0 bridgehead atoms. The summed E-state index contributed by atoms with van der Waals surface area (Å²) in [4.78, 5) is 14.5. The average Bonchev–Trinajstić information content (AvgIpc) is 3.48. The maximum Gasteiger partial charge on any atom is 0.158 e. The van der Waals surface area contributed by atoms with Crippen molar-refractivity contribution in [3.05, 3.63) is 47.4 Å². The van der Waals surface area contributed by atoms with Crippen LogP contribution in [0, 0.1) is 6.92 Å². The topological polar surface area (TPSA) is 70.9 Å². The lowest BCUT2D eigenvalue weighted by Crippen LogP contribution is -2.33. The third-order valence-electron chi connectivity index (χ3n) is 6.69. The molecule has 1 saturated carbocycles. The van der Waals surface area contributed by atoms with E-state index in [1.165, 1.54) is 41.1 Å². The van der Waals surface area contributed by atoms with Crippen molar-refractivity contribution >= 4 is 27.3 Å². The fourth-order valence-electron chi connectivity index (χ4n) is 5.03. The first kappa shape index (κ1) is 21.3. The van der Waals surface area contributed by atoms with Gasteiger partial charge in [-0.25, -0.2) is 14.5 Å². The summed E-state index contributed by atoms with van der Waals surface area (Å²) in [6, 6.07) is 2.84. The monoisotopic (exact) mass is 448 g/mol. The number of thiazole rings is 1. The summed E-state index contributed by atoms with van der Waals surface area (Å²) in [7, 11) is 0. The number of nitrogens with one attached hydrogen (secondary N) is 2. The Morgan fingerprint density at radius 1 is 1.31 bits per heavy atom. The second-order valence-corrected chi connectivity index (χ2v) is 10.3. The summed E-state index contributed by atoms with van der Waals surface area (Å²) in [5.41, 5.74) is 6.79. The Morgan fingerprint density at radius 2 is 2.12 bits per heavy atom. The second-order valence-electron chi connectivity index (χ2n) is 9.32. The van der Waals surface area contributed by atoms with Gasteiger partial charge in [-0.1, -0.05) is 19.9 Å². The van der Waals surface area contributed by atoms with Crippen molar-refractivity contribution in [1.82, 2.24) is 29.9 Å². The van der Waals surface area contributed by atoms with Crippen molar-refractivity contribution in [3.63, 3.8) is 0 Å². The molecular weight excluding hydrogens is 416 g/mol. The van der Waals surface area contributed by atoms with Crippen LogP contribution in [0.25, 0.3) is 27.3 Å². The number of hydrogen-bond acceptors (Lipinski definition) is 5. The highest BCUT2D eigenvalue weighted by Gasteiger charge is 2.27. The lowest BCUT2D eigenvalue weighted by Gasteiger charge is -2.28. The minimum Gasteiger partial charge on any atom is -0.345 e. The van der Waals surface area contributed by atoms with Gasteiger partial charge in [-0.05, 0) is 63.1 Å². The van der Waals surface area contributed by atoms with Gasteiger partial charge < -0.3 is 10.3 Å². The Hall–Kier alpha value is -2.51. The van der Waals surface area contributed by atoms with Crippen molar-refractivity contribution in [3.8, 4) is 11.3 Å². The normalized spacial score (nSPS) is 19.4. The molecule has 6 nitrogen and oxygen atoms in total. The molecule has 4 heterocycles. The number of nitrogens with zero attached hydrogens (tertiary/aromatic N) is 4. The third kappa shape index (κ3) is 3.88. The molecule has 0 aromatic carbocycles. The molecule has 0 amide bonds. The van der Waals surface area contributed by atoms with Crippen molar-refractivity contribution in [2.24, 2.45) is 0 Å². The standard InChI is InChI=1S/C25H32N6S/c1-5-6-11-26-19-9-7-17(8-10-19)24-30-22-20(15(2)3)21(29-25(22)32-24)18-12-16(4)23-27-14-28-31(23)13-18/h5,12-15,17,19,26,29H,1,6-11H2,2-4H3. The molecule has 4 aromatic heterocycles. The number of fused-ring (bicyclic) bond motifs is 2. The van der Waals surface area contributed by atoms with Crippen LogP contribution < -0.4 is 5.32 Å². The number of hydrogen-bond donors (Lipinski definition) is 2. The molecule has 5 rings (SSSR count). The van der Waals surface area contributed by atoms with E-state index in [0.29, 0.717) is 17.9 Å². The molecule has 0 radical (unpaired) electrons. The zero-order valence-corrected chi connectivity index (χ0v) is 20.0. The van der Waals surface area contributed by atoms with Crippen molar-refractivity contribution < 1.29 is 0 Å². The molecule has 0 unspecified atom stereocenters. The van der Waals surface area contributed by atoms with Crippen LogP contribution in [0.4, 0.5) is 0 Å². The van der Waals surface area contributed by atoms with E-state index in [4.69, 9.17) is 4.98 Å². The number of rotatable bonds is 7. The maximum atomic E-state index is 5.20. The molecule has 7 heteroatoms. The van der Waals surface area contributed by atoms with Crippen LogP contribution in [0.1, 0.15) is 73.9 Å². The average molecular weight is 449 g/mol. The third-order valence-corrected chi connectivity index (χ3v) is 7.82. The van der Waals surface area contributed by atoms with Gasteiger partial charge in [0, 0.05) is 29.3 Å². The zero-order valence-electron chi connectivity index (χ0n) is 19.2. The number of aryl methyl sites for hydroxylation is 1. The number of aromatic amines is 1. The number of pyridine rings is 1. The molecule has 0 atom stereocenters. The molecule has 4 aromatic rings. The molecule has 2 N–H and O–H groups in total. The highest BCUT2D eigenvalue weighted by Crippen LogP contribution is 2.42. The minimum absolute atomic E-state index is 0.380. The van der Waals surface area contributed by atoms with Crippen molar-refractivity contribution in [1.29, 1.82) is 0 Å². The van der Waals surface area contributed by atoms with Gasteiger partial charge in [0.25, 0.3) is 0 Å². The molecule has 0 spiro atoms. The van der Waals surface area contributed by atoms with Crippen LogP contribution >= 0.6 is 11.3 Å². The van der Waals surface area contributed by atoms with Gasteiger partial charge in [-0.2, -0.15) is 5.10 Å². The fraction of sp³-hybridized carbons (Fsp3) is 0.480. The van der Waals surface area contributed by atoms with Crippen LogP contribution in [0.3, 0.4) is 0 Å². The summed E-state index contributed by atoms with van der Waals surface area (Å²) in [5.74, 6) is 0.959. The predicted octanol–water partition coefficient (Wildman–Crippen LogP) is 5.96. The Bertz CT molecular complexity index is 1240. The predicted molar refractivity (Wildman–Crippen MR) is 133 cm³/mol. The summed E-state index contributed by atoms with van der Waals surface area (Å²) >= 11 is 1.85. The van der Waals surface area contributed by atoms with Gasteiger partial charge in [0.1, 0.15) is 16.7 Å². The largest absolute Gasteiger partial charge is 0.345 e. The molecule has 0 aliphatic heterocycles. The van der Waals surface area contributed by atoms with E-state index in [1.807, 2.05) is 21.9 Å². The second kappa shape index (κ2) is 8.79. The summed E-state index contributed by atoms with van der Waals surface area (Å²) in [5, 5.41) is 9.33. The lowest BCUT2D eigenvalue weighted by molar-refractivity contribution is 0.345. The first-order valence-electron chi connectivity index (χ1n) is 11.7. The van der Waals surface area contributed by atoms with Gasteiger partial charge >= 0.3 is 0 Å². The molecule has 168 valence electrons. The van der Waals surface area contributed by atoms with Crippen LogP contribution in [0.5, 0.6) is 0 Å². The highest BCUT2D eigenvalue weighted by atomic mass is 32.1. The summed E-state index contributed by atoms with van der Waals surface area (Å²) < 4.78 is 1.87. The van der Waals surface area contributed by atoms with Crippen LogP contribution in [0.15, 0.2) is 31.2 Å². The van der Waals surface area contributed by atoms with E-state index in [2.05, 4.69) is 60.0 Å². The maximum absolute atomic E-state index is 5.20. The van der Waals surface area contributed by atoms with Crippen LogP contribution in [-0.2, 0) is 0 Å². The van der Waals surface area contributed by atoms with E-state index < -0.39 is 0 Å². The molecule has 1 fully saturated rings. The molecule has 1 aliphatic rings. The van der Waals surface area contributed by atoms with E-state index in [-0.39, 0.29) is 0 Å². The minimum atomic E-state index is 0.380. The highest BCUT2D eigenvalue weighted by molar-refractivity contribution is 7.18. The van der Waals surface area contributed by atoms with E-state index in [0.717, 1.165) is 41.0 Å². The molecule has 0 saturated heterocycles. The van der Waals surface area contributed by atoms with Crippen molar-refractivity contribution in [2.45, 2.75) is 70.8 Å². The van der Waals surface area contributed by atoms with E-state index in [1.54, 1.807) is 6.33 Å².